The van der Waals surface area contributed by atoms with Gasteiger partial charge < -0.3 is 15.4 Å². The van der Waals surface area contributed by atoms with Crippen molar-refractivity contribution < 1.29 is 36.3 Å². The summed E-state index contributed by atoms with van der Waals surface area (Å²) in [4.78, 5) is 33.3. The second-order valence-corrected chi connectivity index (χ2v) is 14.1. The van der Waals surface area contributed by atoms with Crippen molar-refractivity contribution in [3.63, 3.8) is 0 Å². The highest BCUT2D eigenvalue weighted by Crippen LogP contribution is 2.34. The number of hydrogen-bond acceptors (Lipinski definition) is 8. The molecule has 0 unspecified atom stereocenters. The van der Waals surface area contributed by atoms with Crippen LogP contribution in [0.5, 0.6) is 0 Å². The largest absolute Gasteiger partial charge is 0.447 e. The summed E-state index contributed by atoms with van der Waals surface area (Å²) in [6.45, 7) is 6.14. The van der Waals surface area contributed by atoms with E-state index < -0.39 is 55.1 Å². The first-order valence-corrected chi connectivity index (χ1v) is 17.0. The number of alkyl carbamates (subject to hydrolysis) is 1. The summed E-state index contributed by atoms with van der Waals surface area (Å²) in [5.41, 5.74) is 1.20. The van der Waals surface area contributed by atoms with Crippen LogP contribution < -0.4 is 10.6 Å². The van der Waals surface area contributed by atoms with Crippen LogP contribution in [0.15, 0.2) is 55.0 Å². The molecule has 1 saturated carbocycles. The molecule has 0 saturated heterocycles. The second-order valence-electron chi connectivity index (χ2n) is 13.7. The minimum atomic E-state index is -4.77. The fraction of sp³-hybridized carbons (Fsp3) is 0.441. The van der Waals surface area contributed by atoms with Crippen LogP contribution in [0.25, 0.3) is 16.9 Å². The lowest BCUT2D eigenvalue weighted by Gasteiger charge is -2.33. The molecule has 1 aliphatic carbocycles. The Morgan fingerprint density at radius 2 is 1.79 bits per heavy atom. The van der Waals surface area contributed by atoms with Gasteiger partial charge in [0.25, 0.3) is 12.3 Å². The predicted octanol–water partition coefficient (Wildman–Crippen LogP) is 7.27. The van der Waals surface area contributed by atoms with Crippen LogP contribution >= 0.6 is 11.6 Å². The summed E-state index contributed by atoms with van der Waals surface area (Å²) in [6, 6.07) is 6.93. The number of guanidine groups is 1. The number of carbonyl (C=O) groups excluding carboxylic acids is 2. The molecular formula is C34H38ClF5N10O3. The number of halogens is 6. The van der Waals surface area contributed by atoms with Crippen LogP contribution in [0.1, 0.15) is 87.2 Å². The Bertz CT molecular complexity index is 1920. The van der Waals surface area contributed by atoms with Gasteiger partial charge in [0.15, 0.2) is 11.8 Å². The number of hydrogen-bond donors (Lipinski definition) is 3. The Labute approximate surface area is 306 Å². The summed E-state index contributed by atoms with van der Waals surface area (Å²) in [6.07, 6.45) is -4.21. The van der Waals surface area contributed by atoms with E-state index >= 15 is 0 Å². The molecular weight excluding hydrogens is 727 g/mol. The smallest absolute Gasteiger partial charge is 0.408 e. The summed E-state index contributed by atoms with van der Waals surface area (Å²) in [5, 5.41) is 26.3. The van der Waals surface area contributed by atoms with E-state index in [1.54, 1.807) is 28.4 Å². The average Bonchev–Trinajstić information content (AvgIpc) is 3.60. The molecule has 5 rings (SSSR count). The SMILES string of the molecule is C[C@H](NC(=O)OC[C@H](c1ccc(Cl)c(-n2ncnc2C(F)F)c1)N(C(=N)NCCC(C)(C)C)C(=O)c1ccc(-c2cnn(C3CC3)n2)cc1)C(F)(F)F. The fourth-order valence-electron chi connectivity index (χ4n) is 5.11. The van der Waals surface area contributed by atoms with E-state index in [1.807, 2.05) is 20.8 Å². The maximum absolute atomic E-state index is 14.4. The number of aromatic nitrogens is 6. The predicted molar refractivity (Wildman–Crippen MR) is 184 cm³/mol. The lowest BCUT2D eigenvalue weighted by atomic mass is 9.92. The van der Waals surface area contributed by atoms with Crippen LogP contribution in [-0.2, 0) is 4.74 Å². The third kappa shape index (κ3) is 9.85. The number of ether oxygens (including phenoxy) is 1. The summed E-state index contributed by atoms with van der Waals surface area (Å²) in [5.74, 6) is -1.92. The van der Waals surface area contributed by atoms with Gasteiger partial charge in [-0.15, -0.1) is 0 Å². The fourth-order valence-corrected chi connectivity index (χ4v) is 5.31. The molecule has 1 fully saturated rings. The van der Waals surface area contributed by atoms with E-state index in [0.29, 0.717) is 17.7 Å². The zero-order valence-electron chi connectivity index (χ0n) is 29.2. The highest BCUT2D eigenvalue weighted by Gasteiger charge is 2.38. The molecule has 0 radical (unpaired) electrons. The molecule has 19 heteroatoms. The molecule has 0 spiro atoms. The maximum Gasteiger partial charge on any atom is 0.408 e. The number of alkyl halides is 5. The molecule has 2 amide bonds. The van der Waals surface area contributed by atoms with E-state index in [0.717, 1.165) is 35.7 Å². The zero-order valence-corrected chi connectivity index (χ0v) is 29.9. The van der Waals surface area contributed by atoms with Crippen LogP contribution in [-0.4, -0.2) is 78.0 Å². The van der Waals surface area contributed by atoms with Gasteiger partial charge in [-0.25, -0.2) is 23.2 Å². The molecule has 2 atom stereocenters. The van der Waals surface area contributed by atoms with Crippen molar-refractivity contribution in [1.82, 2.24) is 45.3 Å². The molecule has 1 aliphatic rings. The Kier molecular flexibility index (Phi) is 11.7. The van der Waals surface area contributed by atoms with Crippen LogP contribution in [0.3, 0.4) is 0 Å². The minimum absolute atomic E-state index is 0.0389. The third-order valence-electron chi connectivity index (χ3n) is 8.30. The van der Waals surface area contributed by atoms with Crippen LogP contribution in [0, 0.1) is 10.8 Å². The Morgan fingerprint density at radius 3 is 2.42 bits per heavy atom. The van der Waals surface area contributed by atoms with E-state index in [-0.39, 0.29) is 39.8 Å². The highest BCUT2D eigenvalue weighted by molar-refractivity contribution is 6.32. The molecule has 2 heterocycles. The third-order valence-corrected chi connectivity index (χ3v) is 8.62. The number of nitrogens with zero attached hydrogens (tertiary/aromatic N) is 7. The molecule has 3 N–H and O–H groups in total. The Hall–Kier alpha value is -5.13. The number of amides is 2. The summed E-state index contributed by atoms with van der Waals surface area (Å²) >= 11 is 6.41. The molecule has 0 bridgehead atoms. The first-order chi connectivity index (χ1) is 24.9. The number of rotatable bonds is 12. The van der Waals surface area contributed by atoms with Gasteiger partial charge in [0.1, 0.15) is 24.7 Å². The average molecular weight is 765 g/mol. The van der Waals surface area contributed by atoms with Crippen molar-refractivity contribution in [2.45, 2.75) is 77.7 Å². The topological polar surface area (TPSA) is 156 Å². The molecule has 0 aliphatic heterocycles. The highest BCUT2D eigenvalue weighted by atomic mass is 35.5. The summed E-state index contributed by atoms with van der Waals surface area (Å²) < 4.78 is 73.4. The van der Waals surface area contributed by atoms with Crippen molar-refractivity contribution in [2.24, 2.45) is 5.41 Å². The maximum atomic E-state index is 14.4. The van der Waals surface area contributed by atoms with Gasteiger partial charge >= 0.3 is 12.3 Å². The summed E-state index contributed by atoms with van der Waals surface area (Å²) in [7, 11) is 0. The van der Waals surface area contributed by atoms with Crippen LogP contribution in [0.2, 0.25) is 5.02 Å². The van der Waals surface area contributed by atoms with E-state index in [9.17, 15) is 31.5 Å². The Morgan fingerprint density at radius 1 is 1.09 bits per heavy atom. The van der Waals surface area contributed by atoms with Gasteiger partial charge in [0.05, 0.1) is 29.0 Å². The molecule has 53 heavy (non-hydrogen) atoms. The number of nitrogens with one attached hydrogen (secondary N) is 3. The Balaban J connectivity index is 1.54. The van der Waals surface area contributed by atoms with Gasteiger partial charge in [-0.05, 0) is 61.4 Å². The van der Waals surface area contributed by atoms with Gasteiger partial charge in [0, 0.05) is 17.7 Å². The van der Waals surface area contributed by atoms with Crippen LogP contribution in [0.4, 0.5) is 26.7 Å². The van der Waals surface area contributed by atoms with Gasteiger partial charge in [-0.3, -0.25) is 15.1 Å². The molecule has 284 valence electrons. The lowest BCUT2D eigenvalue weighted by molar-refractivity contribution is -0.150. The van der Waals surface area contributed by atoms with E-state index in [1.165, 1.54) is 30.3 Å². The normalized spacial score (nSPS) is 14.5. The number of benzene rings is 2. The second kappa shape index (κ2) is 15.9. The van der Waals surface area contributed by atoms with Crippen molar-refractivity contribution in [3.05, 3.63) is 77.0 Å². The van der Waals surface area contributed by atoms with Crippen molar-refractivity contribution in [3.8, 4) is 16.9 Å². The van der Waals surface area contributed by atoms with Crippen molar-refractivity contribution in [1.29, 1.82) is 5.41 Å². The van der Waals surface area contributed by atoms with Crippen molar-refractivity contribution in [2.75, 3.05) is 13.2 Å². The molecule has 4 aromatic rings. The first-order valence-electron chi connectivity index (χ1n) is 16.6. The molecule has 2 aromatic carbocycles. The molecule has 13 nitrogen and oxygen atoms in total. The monoisotopic (exact) mass is 764 g/mol. The minimum Gasteiger partial charge on any atom is -0.447 e. The van der Waals surface area contributed by atoms with Gasteiger partial charge in [-0.1, -0.05) is 50.6 Å². The standard InChI is InChI=1S/C34H38ClF5N10O3/c1-19(34(38,39)40)46-32(52)53-17-27(22-9-12-24(35)26(15-22)49-29(28(36)37)43-18-45-49)48(31(41)42-14-13-33(2,3)4)30(51)21-7-5-20(6-8-21)25-16-44-50(47-25)23-10-11-23/h5-9,12,15-16,18-19,23,27-28H,10-11,13-14,17H2,1-4H3,(H2,41,42)(H,46,52)/t19-,27+/m0/s1. The van der Waals surface area contributed by atoms with Gasteiger partial charge in [-0.2, -0.15) is 33.3 Å². The van der Waals surface area contributed by atoms with Gasteiger partial charge in [0.2, 0.25) is 0 Å². The molecule has 2 aromatic heterocycles. The zero-order chi connectivity index (χ0) is 38.7. The quantitative estimate of drug-likeness (QED) is 0.0773. The van der Waals surface area contributed by atoms with E-state index in [4.69, 9.17) is 21.7 Å². The van der Waals surface area contributed by atoms with Crippen molar-refractivity contribution >= 4 is 29.6 Å². The number of carbonyl (C=O) groups is 2. The first kappa shape index (κ1) is 39.1. The van der Waals surface area contributed by atoms with E-state index in [2.05, 4.69) is 25.6 Å². The lowest BCUT2D eigenvalue weighted by Crippen LogP contribution is -2.49.